The number of ether oxygens (including phenoxy) is 1. The summed E-state index contributed by atoms with van der Waals surface area (Å²) in [6.45, 7) is 11.3. The molecule has 0 aliphatic heterocycles. The largest absolute Gasteiger partial charge is 0.478 e. The Kier molecular flexibility index (Phi) is 8.23. The molecule has 1 aromatic rings. The molecule has 1 N–H and O–H groups in total. The molecule has 0 saturated carbocycles. The van der Waals surface area contributed by atoms with Crippen molar-refractivity contribution in [2.45, 2.75) is 33.7 Å². The lowest BCUT2D eigenvalue weighted by Crippen LogP contribution is -2.22. The van der Waals surface area contributed by atoms with E-state index in [2.05, 4.69) is 49.1 Å². The number of nitrogens with zero attached hydrogens (tertiary/aromatic N) is 2. The molecule has 0 radical (unpaired) electrons. The molecule has 0 saturated heterocycles. The fourth-order valence-electron chi connectivity index (χ4n) is 2.14. The van der Waals surface area contributed by atoms with Crippen LogP contribution >= 0.6 is 0 Å². The molecule has 0 aromatic carbocycles. The topological polar surface area (TPSA) is 37.4 Å². The smallest absolute Gasteiger partial charge is 0.213 e. The maximum absolute atomic E-state index is 5.61. The Balaban J connectivity index is 0.00000400. The van der Waals surface area contributed by atoms with E-state index in [1.165, 1.54) is 5.56 Å². The molecular formula is C16H31N3O. The maximum Gasteiger partial charge on any atom is 0.213 e. The summed E-state index contributed by atoms with van der Waals surface area (Å²) in [4.78, 5) is 6.68. The van der Waals surface area contributed by atoms with Crippen molar-refractivity contribution in [2.75, 3.05) is 33.3 Å². The Labute approximate surface area is 125 Å². The second-order valence-electron chi connectivity index (χ2n) is 5.65. The predicted molar refractivity (Wildman–Crippen MR) is 86.2 cm³/mol. The molecule has 1 aromatic heterocycles. The predicted octanol–water partition coefficient (Wildman–Crippen LogP) is 2.79. The van der Waals surface area contributed by atoms with E-state index in [0.717, 1.165) is 38.5 Å². The third-order valence-corrected chi connectivity index (χ3v) is 2.92. The van der Waals surface area contributed by atoms with Crippen molar-refractivity contribution < 1.29 is 6.16 Å². The molecule has 4 nitrogen and oxygen atoms in total. The lowest BCUT2D eigenvalue weighted by Gasteiger charge is -2.18. The zero-order valence-electron chi connectivity index (χ0n) is 13.4. The highest BCUT2D eigenvalue weighted by atomic mass is 16.5. The third-order valence-electron chi connectivity index (χ3n) is 2.92. The molecule has 116 valence electrons. The molecular weight excluding hydrogens is 250 g/mol. The molecule has 20 heavy (non-hydrogen) atoms. The Bertz CT molecular complexity index is 357. The summed E-state index contributed by atoms with van der Waals surface area (Å²) in [5.74, 6) is 1.41. The van der Waals surface area contributed by atoms with Gasteiger partial charge < -0.3 is 15.0 Å². The highest BCUT2D eigenvalue weighted by Gasteiger charge is 2.04. The second kappa shape index (κ2) is 9.72. The van der Waals surface area contributed by atoms with Crippen molar-refractivity contribution >= 4 is 0 Å². The normalized spacial score (nSPS) is 11.3. The highest BCUT2D eigenvalue weighted by molar-refractivity contribution is 5.17. The first kappa shape index (κ1) is 16.9. The maximum atomic E-state index is 5.61. The van der Waals surface area contributed by atoms with Gasteiger partial charge in [-0.25, -0.2) is 4.98 Å². The van der Waals surface area contributed by atoms with Crippen LogP contribution in [0, 0.1) is 5.92 Å². The van der Waals surface area contributed by atoms with Crippen molar-refractivity contribution in [2.24, 2.45) is 5.92 Å². The minimum absolute atomic E-state index is 0. The Morgan fingerprint density at radius 2 is 2.20 bits per heavy atom. The van der Waals surface area contributed by atoms with Crippen molar-refractivity contribution in [1.29, 1.82) is 0 Å². The fourth-order valence-corrected chi connectivity index (χ4v) is 2.14. The number of aromatic nitrogens is 1. The molecule has 0 aliphatic carbocycles. The van der Waals surface area contributed by atoms with Gasteiger partial charge in [-0.1, -0.05) is 26.8 Å². The summed E-state index contributed by atoms with van der Waals surface area (Å²) in [5, 5.41) is 3.27. The van der Waals surface area contributed by atoms with Gasteiger partial charge in [-0.05, 0) is 38.0 Å². The van der Waals surface area contributed by atoms with E-state index in [4.69, 9.17) is 4.74 Å². The van der Waals surface area contributed by atoms with Crippen LogP contribution in [-0.4, -0.2) is 43.2 Å². The lowest BCUT2D eigenvalue weighted by atomic mass is 10.2. The lowest BCUT2D eigenvalue weighted by molar-refractivity contribution is 0.285. The summed E-state index contributed by atoms with van der Waals surface area (Å²) in [6, 6.07) is 4.06. The average molecular weight is 281 g/mol. The van der Waals surface area contributed by atoms with Gasteiger partial charge in [0.15, 0.2) is 0 Å². The molecule has 0 unspecified atom stereocenters. The summed E-state index contributed by atoms with van der Waals surface area (Å²) in [6.07, 6.45) is 2.92. The molecule has 0 amide bonds. The summed E-state index contributed by atoms with van der Waals surface area (Å²) >= 11 is 0. The van der Waals surface area contributed by atoms with E-state index in [0.29, 0.717) is 12.5 Å². The van der Waals surface area contributed by atoms with Crippen LogP contribution in [0.1, 0.15) is 34.2 Å². The third kappa shape index (κ3) is 7.46. The summed E-state index contributed by atoms with van der Waals surface area (Å²) < 4.78 is 5.61. The average Bonchev–Trinajstić information content (AvgIpc) is 2.39. The van der Waals surface area contributed by atoms with Gasteiger partial charge in [-0.3, -0.25) is 0 Å². The van der Waals surface area contributed by atoms with Gasteiger partial charge in [0.25, 0.3) is 0 Å². The molecule has 4 heteroatoms. The molecule has 0 spiro atoms. The van der Waals surface area contributed by atoms with Gasteiger partial charge in [0.05, 0.1) is 6.61 Å². The first-order valence-electron chi connectivity index (χ1n) is 7.58. The van der Waals surface area contributed by atoms with Crippen LogP contribution in [0.4, 0.5) is 0 Å². The van der Waals surface area contributed by atoms with Gasteiger partial charge in [-0.2, -0.15) is 0 Å². The van der Waals surface area contributed by atoms with E-state index >= 15 is 0 Å². The van der Waals surface area contributed by atoms with Gasteiger partial charge in [0, 0.05) is 26.8 Å². The zero-order valence-corrected chi connectivity index (χ0v) is 13.4. The molecule has 0 atom stereocenters. The highest BCUT2D eigenvalue weighted by Crippen LogP contribution is 2.10. The first-order chi connectivity index (χ1) is 9.61. The van der Waals surface area contributed by atoms with Crippen LogP contribution in [0.25, 0.3) is 0 Å². The van der Waals surface area contributed by atoms with E-state index in [1.54, 1.807) is 0 Å². The number of nitrogens with one attached hydrogen (secondary N) is 1. The minimum atomic E-state index is 0. The van der Waals surface area contributed by atoms with E-state index in [-0.39, 0.29) is 1.43 Å². The van der Waals surface area contributed by atoms with Gasteiger partial charge in [0.2, 0.25) is 5.88 Å². The van der Waals surface area contributed by atoms with Crippen LogP contribution < -0.4 is 10.1 Å². The molecule has 1 rings (SSSR count). The van der Waals surface area contributed by atoms with E-state index < -0.39 is 0 Å². The summed E-state index contributed by atoms with van der Waals surface area (Å²) in [7, 11) is 2.14. The quantitative estimate of drug-likeness (QED) is 0.669. The Morgan fingerprint density at radius 1 is 1.40 bits per heavy atom. The van der Waals surface area contributed by atoms with Gasteiger partial charge in [-0.15, -0.1) is 0 Å². The van der Waals surface area contributed by atoms with Crippen LogP contribution in [0.5, 0.6) is 5.88 Å². The standard InChI is InChI=1S/C16H29N3O.H2/c1-5-17-9-6-10-20-16-8-7-15(11-18-16)13-19(4)12-14(2)3;/h7-8,11,14,17H,5-6,9-10,12-13H2,1-4H3;1H. The van der Waals surface area contributed by atoms with E-state index in [9.17, 15) is 0 Å². The number of pyridine rings is 1. The number of rotatable bonds is 10. The number of hydrogen-bond acceptors (Lipinski definition) is 4. The van der Waals surface area contributed by atoms with Crippen molar-refractivity contribution in [3.05, 3.63) is 23.9 Å². The minimum Gasteiger partial charge on any atom is -0.478 e. The van der Waals surface area contributed by atoms with Crippen LogP contribution in [-0.2, 0) is 6.54 Å². The Morgan fingerprint density at radius 3 is 2.80 bits per heavy atom. The summed E-state index contributed by atoms with van der Waals surface area (Å²) in [5.41, 5.74) is 1.23. The van der Waals surface area contributed by atoms with Crippen molar-refractivity contribution in [3.63, 3.8) is 0 Å². The Hall–Kier alpha value is -1.13. The SMILES string of the molecule is CCNCCCOc1ccc(CN(C)CC(C)C)cn1.[HH]. The van der Waals surface area contributed by atoms with Gasteiger partial charge >= 0.3 is 0 Å². The van der Waals surface area contributed by atoms with Crippen molar-refractivity contribution in [3.8, 4) is 5.88 Å². The van der Waals surface area contributed by atoms with Crippen LogP contribution in [0.3, 0.4) is 0 Å². The van der Waals surface area contributed by atoms with Gasteiger partial charge in [0.1, 0.15) is 0 Å². The second-order valence-corrected chi connectivity index (χ2v) is 5.65. The molecule has 0 aliphatic rings. The number of hydrogen-bond donors (Lipinski definition) is 1. The zero-order chi connectivity index (χ0) is 14.8. The van der Waals surface area contributed by atoms with E-state index in [1.807, 2.05) is 12.3 Å². The van der Waals surface area contributed by atoms with Crippen LogP contribution in [0.15, 0.2) is 18.3 Å². The monoisotopic (exact) mass is 281 g/mol. The molecule has 0 bridgehead atoms. The van der Waals surface area contributed by atoms with Crippen molar-refractivity contribution in [1.82, 2.24) is 15.2 Å². The molecule has 1 heterocycles. The first-order valence-corrected chi connectivity index (χ1v) is 7.58. The fraction of sp³-hybridized carbons (Fsp3) is 0.688. The van der Waals surface area contributed by atoms with Crippen LogP contribution in [0.2, 0.25) is 0 Å². The molecule has 0 fully saturated rings.